The van der Waals surface area contributed by atoms with E-state index in [1.54, 1.807) is 24.8 Å². The van der Waals surface area contributed by atoms with Crippen LogP contribution in [0.3, 0.4) is 0 Å². The van der Waals surface area contributed by atoms with Gasteiger partial charge in [-0.1, -0.05) is 5.16 Å². The summed E-state index contributed by atoms with van der Waals surface area (Å²) in [6.45, 7) is 5.97. The summed E-state index contributed by atoms with van der Waals surface area (Å²) in [6.07, 6.45) is 2.54. The van der Waals surface area contributed by atoms with Crippen molar-refractivity contribution in [2.45, 2.75) is 45.2 Å². The fourth-order valence-electron chi connectivity index (χ4n) is 3.56. The Morgan fingerprint density at radius 1 is 1.26 bits per heavy atom. The Balaban J connectivity index is 1.67. The van der Waals surface area contributed by atoms with Crippen molar-refractivity contribution in [1.29, 1.82) is 0 Å². The highest BCUT2D eigenvalue weighted by Gasteiger charge is 2.36. The molecule has 2 saturated heterocycles. The van der Waals surface area contributed by atoms with Crippen molar-refractivity contribution in [1.82, 2.24) is 15.0 Å². The monoisotopic (exact) mass is 321 g/mol. The van der Waals surface area contributed by atoms with Crippen molar-refractivity contribution in [3.05, 3.63) is 17.5 Å². The van der Waals surface area contributed by atoms with Gasteiger partial charge in [0.2, 0.25) is 5.91 Å². The first kappa shape index (κ1) is 16.0. The molecule has 0 aliphatic carbocycles. The molecule has 0 radical (unpaired) electrons. The Hall–Kier alpha value is -1.89. The molecule has 0 spiro atoms. The molecule has 3 rings (SSSR count). The minimum Gasteiger partial charge on any atom is -0.381 e. The normalized spacial score (nSPS) is 22.3. The average molecular weight is 321 g/mol. The fraction of sp³-hybridized carbons (Fsp3) is 0.688. The van der Waals surface area contributed by atoms with Gasteiger partial charge in [0, 0.05) is 45.3 Å². The molecule has 1 unspecified atom stereocenters. The zero-order chi connectivity index (χ0) is 16.4. The standard InChI is InChI=1S/C16H23N3O4/c1-11-9-15(17-23-11)16(21)18-6-3-14(10-18)19(12(2)20)13-4-7-22-8-5-13/h9,13-14H,3-8,10H2,1-2H3. The number of hydrogen-bond donors (Lipinski definition) is 0. The molecular formula is C16H23N3O4. The number of aryl methyl sites for hydroxylation is 1. The summed E-state index contributed by atoms with van der Waals surface area (Å²) >= 11 is 0. The number of carbonyl (C=O) groups is 2. The molecule has 7 nitrogen and oxygen atoms in total. The van der Waals surface area contributed by atoms with E-state index in [9.17, 15) is 9.59 Å². The van der Waals surface area contributed by atoms with E-state index in [0.29, 0.717) is 37.8 Å². The summed E-state index contributed by atoms with van der Waals surface area (Å²) in [5, 5.41) is 3.79. The zero-order valence-electron chi connectivity index (χ0n) is 13.7. The fourth-order valence-corrected chi connectivity index (χ4v) is 3.56. The van der Waals surface area contributed by atoms with Crippen molar-refractivity contribution in [2.24, 2.45) is 0 Å². The summed E-state index contributed by atoms with van der Waals surface area (Å²) in [4.78, 5) is 28.3. The van der Waals surface area contributed by atoms with Gasteiger partial charge in [-0.2, -0.15) is 0 Å². The van der Waals surface area contributed by atoms with Gasteiger partial charge in [-0.05, 0) is 26.2 Å². The van der Waals surface area contributed by atoms with Crippen LogP contribution in [-0.2, 0) is 9.53 Å². The van der Waals surface area contributed by atoms with Gasteiger partial charge in [0.25, 0.3) is 5.91 Å². The maximum atomic E-state index is 12.5. The van der Waals surface area contributed by atoms with E-state index in [0.717, 1.165) is 19.3 Å². The van der Waals surface area contributed by atoms with Crippen LogP contribution < -0.4 is 0 Å². The summed E-state index contributed by atoms with van der Waals surface area (Å²) in [7, 11) is 0. The lowest BCUT2D eigenvalue weighted by Crippen LogP contribution is -2.49. The molecule has 1 aromatic heterocycles. The van der Waals surface area contributed by atoms with Crippen molar-refractivity contribution >= 4 is 11.8 Å². The number of carbonyl (C=O) groups excluding carboxylic acids is 2. The smallest absolute Gasteiger partial charge is 0.276 e. The molecular weight excluding hydrogens is 298 g/mol. The summed E-state index contributed by atoms with van der Waals surface area (Å²) in [5.74, 6) is 0.574. The van der Waals surface area contributed by atoms with Gasteiger partial charge in [-0.15, -0.1) is 0 Å². The SMILES string of the molecule is CC(=O)N(C1CCOCC1)C1CCN(C(=O)c2cc(C)on2)C1. The van der Waals surface area contributed by atoms with E-state index >= 15 is 0 Å². The highest BCUT2D eigenvalue weighted by atomic mass is 16.5. The maximum absolute atomic E-state index is 12.5. The Bertz CT molecular complexity index is 580. The van der Waals surface area contributed by atoms with Crippen molar-refractivity contribution in [2.75, 3.05) is 26.3 Å². The Morgan fingerprint density at radius 2 is 2.00 bits per heavy atom. The minimum atomic E-state index is -0.125. The van der Waals surface area contributed by atoms with Crippen molar-refractivity contribution in [3.8, 4) is 0 Å². The number of ether oxygens (including phenoxy) is 1. The molecule has 7 heteroatoms. The first-order valence-corrected chi connectivity index (χ1v) is 8.15. The van der Waals surface area contributed by atoms with Crippen LogP contribution in [0.2, 0.25) is 0 Å². The van der Waals surface area contributed by atoms with Gasteiger partial charge in [-0.3, -0.25) is 9.59 Å². The van der Waals surface area contributed by atoms with E-state index in [-0.39, 0.29) is 23.9 Å². The minimum absolute atomic E-state index is 0.0764. The Morgan fingerprint density at radius 3 is 2.61 bits per heavy atom. The highest BCUT2D eigenvalue weighted by molar-refractivity contribution is 5.92. The molecule has 0 N–H and O–H groups in total. The Labute approximate surface area is 135 Å². The second-order valence-corrected chi connectivity index (χ2v) is 6.29. The predicted molar refractivity (Wildman–Crippen MR) is 81.9 cm³/mol. The molecule has 2 aliphatic rings. The molecule has 0 saturated carbocycles. The van der Waals surface area contributed by atoms with Crippen molar-refractivity contribution in [3.63, 3.8) is 0 Å². The molecule has 2 amide bonds. The maximum Gasteiger partial charge on any atom is 0.276 e. The first-order valence-electron chi connectivity index (χ1n) is 8.15. The van der Waals surface area contributed by atoms with Crippen LogP contribution in [-0.4, -0.2) is 65.2 Å². The lowest BCUT2D eigenvalue weighted by Gasteiger charge is -2.37. The van der Waals surface area contributed by atoms with Crippen LogP contribution in [0.1, 0.15) is 42.4 Å². The van der Waals surface area contributed by atoms with Crippen molar-refractivity contribution < 1.29 is 18.8 Å². The van der Waals surface area contributed by atoms with Crippen LogP contribution in [0.25, 0.3) is 0 Å². The van der Waals surface area contributed by atoms with E-state index < -0.39 is 0 Å². The van der Waals surface area contributed by atoms with E-state index in [4.69, 9.17) is 9.26 Å². The molecule has 1 atom stereocenters. The quantitative estimate of drug-likeness (QED) is 0.837. The van der Waals surface area contributed by atoms with Gasteiger partial charge in [0.15, 0.2) is 5.69 Å². The Kier molecular flexibility index (Phi) is 4.66. The molecule has 23 heavy (non-hydrogen) atoms. The van der Waals surface area contributed by atoms with E-state index in [1.165, 1.54) is 0 Å². The lowest BCUT2D eigenvalue weighted by molar-refractivity contribution is -0.135. The lowest BCUT2D eigenvalue weighted by atomic mass is 10.0. The number of nitrogens with zero attached hydrogens (tertiary/aromatic N) is 3. The van der Waals surface area contributed by atoms with Crippen LogP contribution in [0.5, 0.6) is 0 Å². The number of likely N-dealkylation sites (tertiary alicyclic amines) is 1. The summed E-state index contributed by atoms with van der Waals surface area (Å²) < 4.78 is 10.4. The van der Waals surface area contributed by atoms with Gasteiger partial charge >= 0.3 is 0 Å². The zero-order valence-corrected chi connectivity index (χ0v) is 13.7. The van der Waals surface area contributed by atoms with E-state index in [1.807, 2.05) is 4.90 Å². The molecule has 2 fully saturated rings. The third kappa shape index (κ3) is 3.39. The second-order valence-electron chi connectivity index (χ2n) is 6.29. The summed E-state index contributed by atoms with van der Waals surface area (Å²) in [6, 6.07) is 1.94. The number of aromatic nitrogens is 1. The molecule has 126 valence electrons. The average Bonchev–Trinajstić information content (AvgIpc) is 3.17. The number of hydrogen-bond acceptors (Lipinski definition) is 5. The second kappa shape index (κ2) is 6.70. The molecule has 0 bridgehead atoms. The molecule has 1 aromatic rings. The third-order valence-corrected chi connectivity index (χ3v) is 4.64. The topological polar surface area (TPSA) is 75.9 Å². The van der Waals surface area contributed by atoms with E-state index in [2.05, 4.69) is 5.16 Å². The van der Waals surface area contributed by atoms with Gasteiger partial charge in [-0.25, -0.2) is 0 Å². The molecule has 2 aliphatic heterocycles. The first-order chi connectivity index (χ1) is 11.1. The summed E-state index contributed by atoms with van der Waals surface area (Å²) in [5.41, 5.74) is 0.337. The molecule has 0 aromatic carbocycles. The number of rotatable bonds is 3. The largest absolute Gasteiger partial charge is 0.381 e. The van der Waals surface area contributed by atoms with Gasteiger partial charge in [0.1, 0.15) is 5.76 Å². The van der Waals surface area contributed by atoms with Gasteiger partial charge in [0.05, 0.1) is 6.04 Å². The van der Waals surface area contributed by atoms with Crippen LogP contribution >= 0.6 is 0 Å². The number of amides is 2. The third-order valence-electron chi connectivity index (χ3n) is 4.64. The van der Waals surface area contributed by atoms with Crippen LogP contribution in [0.4, 0.5) is 0 Å². The van der Waals surface area contributed by atoms with Crippen LogP contribution in [0, 0.1) is 6.92 Å². The molecule has 3 heterocycles. The highest BCUT2D eigenvalue weighted by Crippen LogP contribution is 2.24. The predicted octanol–water partition coefficient (Wildman–Crippen LogP) is 1.23. The van der Waals surface area contributed by atoms with Gasteiger partial charge < -0.3 is 19.1 Å². The van der Waals surface area contributed by atoms with Crippen LogP contribution in [0.15, 0.2) is 10.6 Å².